The quantitative estimate of drug-likeness (QED) is 0.268. The zero-order valence-electron chi connectivity index (χ0n) is 12.7. The number of hydrogen-bond acceptors (Lipinski definition) is 4. The molecule has 1 atom stereocenters. The minimum Gasteiger partial charge on any atom is -0.394 e. The molecule has 23 heavy (non-hydrogen) atoms. The summed E-state index contributed by atoms with van der Waals surface area (Å²) in [5, 5.41) is 0. The SMILES string of the molecule is CCO[Si](C)(OCC)C(N)C(=O)c1c(F)c(F)c(F)c(F)c1F. The number of carbonyl (C=O) groups excluding carboxylic acids is 1. The summed E-state index contributed by atoms with van der Waals surface area (Å²) in [5.74, 6) is -12.7. The molecule has 0 bridgehead atoms. The van der Waals surface area contributed by atoms with E-state index in [0.717, 1.165) is 0 Å². The minimum absolute atomic E-state index is 0.0980. The predicted molar refractivity (Wildman–Crippen MR) is 73.4 cm³/mol. The van der Waals surface area contributed by atoms with Crippen LogP contribution in [0, 0.1) is 29.1 Å². The maximum Gasteiger partial charge on any atom is 0.360 e. The van der Waals surface area contributed by atoms with Crippen molar-refractivity contribution in [2.24, 2.45) is 5.73 Å². The molecule has 1 rings (SSSR count). The van der Waals surface area contributed by atoms with Crippen LogP contribution in [-0.2, 0) is 8.85 Å². The van der Waals surface area contributed by atoms with Crippen LogP contribution in [0.1, 0.15) is 24.2 Å². The molecule has 4 nitrogen and oxygen atoms in total. The van der Waals surface area contributed by atoms with Gasteiger partial charge in [0.15, 0.2) is 29.1 Å². The van der Waals surface area contributed by atoms with Crippen molar-refractivity contribution in [1.82, 2.24) is 0 Å². The Balaban J connectivity index is 3.39. The molecule has 0 spiro atoms. The molecular formula is C13H16F5NO3Si. The fraction of sp³-hybridized carbons (Fsp3) is 0.462. The standard InChI is InChI=1S/C13H16F5NO3Si/c1-4-21-23(3,22-5-2)13(19)12(20)6-7(14)9(16)11(18)10(17)8(6)15/h13H,4-5,19H2,1-3H3. The number of benzene rings is 1. The van der Waals surface area contributed by atoms with Gasteiger partial charge in [0.05, 0.1) is 5.56 Å². The molecule has 0 aromatic heterocycles. The lowest BCUT2D eigenvalue weighted by atomic mass is 10.1. The summed E-state index contributed by atoms with van der Waals surface area (Å²) in [7, 11) is -3.44. The summed E-state index contributed by atoms with van der Waals surface area (Å²) in [6.45, 7) is 4.73. The number of nitrogens with two attached hydrogens (primary N) is 1. The van der Waals surface area contributed by atoms with Crippen molar-refractivity contribution in [2.45, 2.75) is 26.1 Å². The summed E-state index contributed by atoms with van der Waals surface area (Å²) < 4.78 is 77.5. The Hall–Kier alpha value is -1.36. The normalized spacial score (nSPS) is 13.3. The Bertz CT molecular complexity index is 579. The molecule has 0 aliphatic heterocycles. The third-order valence-corrected chi connectivity index (χ3v) is 6.28. The third-order valence-electron chi connectivity index (χ3n) is 3.17. The van der Waals surface area contributed by atoms with E-state index >= 15 is 0 Å². The van der Waals surface area contributed by atoms with Gasteiger partial charge in [-0.2, -0.15) is 0 Å². The van der Waals surface area contributed by atoms with E-state index in [4.69, 9.17) is 14.6 Å². The van der Waals surface area contributed by atoms with Gasteiger partial charge in [-0.25, -0.2) is 22.0 Å². The first kappa shape index (κ1) is 19.7. The molecule has 10 heteroatoms. The molecule has 0 saturated carbocycles. The molecule has 1 aromatic carbocycles. The van der Waals surface area contributed by atoms with Crippen LogP contribution in [0.15, 0.2) is 0 Å². The highest BCUT2D eigenvalue weighted by molar-refractivity contribution is 6.72. The zero-order valence-corrected chi connectivity index (χ0v) is 13.7. The highest BCUT2D eigenvalue weighted by Crippen LogP contribution is 2.25. The monoisotopic (exact) mass is 357 g/mol. The smallest absolute Gasteiger partial charge is 0.360 e. The highest BCUT2D eigenvalue weighted by Gasteiger charge is 2.45. The summed E-state index contributed by atoms with van der Waals surface area (Å²) in [5.41, 5.74) is 2.40. The highest BCUT2D eigenvalue weighted by atomic mass is 28.4. The number of Topliss-reactive ketones (excluding diaryl/α,β-unsaturated/α-hetero) is 1. The van der Waals surface area contributed by atoms with E-state index in [0.29, 0.717) is 0 Å². The van der Waals surface area contributed by atoms with Gasteiger partial charge in [-0.05, 0) is 20.4 Å². The average Bonchev–Trinajstić information content (AvgIpc) is 2.50. The molecule has 0 amide bonds. The molecule has 0 heterocycles. The van der Waals surface area contributed by atoms with Crippen molar-refractivity contribution in [3.05, 3.63) is 34.6 Å². The molecule has 2 N–H and O–H groups in total. The predicted octanol–water partition coefficient (Wildman–Crippen LogP) is 2.58. The van der Waals surface area contributed by atoms with Crippen LogP contribution in [0.5, 0.6) is 0 Å². The molecule has 1 aromatic rings. The molecule has 0 aliphatic carbocycles. The van der Waals surface area contributed by atoms with E-state index < -0.39 is 54.7 Å². The molecule has 0 aliphatic rings. The number of rotatable bonds is 7. The van der Waals surface area contributed by atoms with Crippen molar-refractivity contribution in [3.63, 3.8) is 0 Å². The molecule has 0 fully saturated rings. The van der Waals surface area contributed by atoms with Crippen molar-refractivity contribution >= 4 is 14.3 Å². The van der Waals surface area contributed by atoms with Crippen LogP contribution >= 0.6 is 0 Å². The van der Waals surface area contributed by atoms with Crippen LogP contribution in [0.25, 0.3) is 0 Å². The van der Waals surface area contributed by atoms with E-state index in [1.807, 2.05) is 0 Å². The van der Waals surface area contributed by atoms with Gasteiger partial charge in [-0.1, -0.05) is 0 Å². The van der Waals surface area contributed by atoms with Gasteiger partial charge in [0.25, 0.3) is 0 Å². The van der Waals surface area contributed by atoms with Crippen molar-refractivity contribution in [1.29, 1.82) is 0 Å². The maximum absolute atomic E-state index is 13.7. The fourth-order valence-electron chi connectivity index (χ4n) is 2.01. The summed E-state index contributed by atoms with van der Waals surface area (Å²) >= 11 is 0. The zero-order chi connectivity index (χ0) is 17.9. The van der Waals surface area contributed by atoms with Gasteiger partial charge in [-0.3, -0.25) is 4.79 Å². The largest absolute Gasteiger partial charge is 0.394 e. The lowest BCUT2D eigenvalue weighted by molar-refractivity contribution is 0.0937. The molecule has 1 unspecified atom stereocenters. The van der Waals surface area contributed by atoms with Crippen LogP contribution in [-0.4, -0.2) is 33.2 Å². The lowest BCUT2D eigenvalue weighted by Gasteiger charge is -2.30. The second kappa shape index (κ2) is 7.47. The molecule has 130 valence electrons. The van der Waals surface area contributed by atoms with E-state index in [1.165, 1.54) is 6.55 Å². The summed E-state index contributed by atoms with van der Waals surface area (Å²) in [4.78, 5) is 12.2. The van der Waals surface area contributed by atoms with Gasteiger partial charge in [0.1, 0.15) is 5.67 Å². The first-order chi connectivity index (χ1) is 10.6. The second-order valence-electron chi connectivity index (χ2n) is 4.67. The van der Waals surface area contributed by atoms with Crippen LogP contribution < -0.4 is 5.73 Å². The van der Waals surface area contributed by atoms with Crippen LogP contribution in [0.3, 0.4) is 0 Å². The van der Waals surface area contributed by atoms with Gasteiger partial charge >= 0.3 is 8.56 Å². The Kier molecular flexibility index (Phi) is 6.39. The third kappa shape index (κ3) is 3.60. The van der Waals surface area contributed by atoms with Gasteiger partial charge in [-0.15, -0.1) is 0 Å². The van der Waals surface area contributed by atoms with Gasteiger partial charge < -0.3 is 14.6 Å². The van der Waals surface area contributed by atoms with Gasteiger partial charge in [0.2, 0.25) is 5.82 Å². The van der Waals surface area contributed by atoms with E-state index in [1.54, 1.807) is 13.8 Å². The van der Waals surface area contributed by atoms with Crippen molar-refractivity contribution in [3.8, 4) is 0 Å². The Morgan fingerprint density at radius 3 is 1.65 bits per heavy atom. The number of hydrogen-bond donors (Lipinski definition) is 1. The minimum atomic E-state index is -3.44. The molecule has 0 radical (unpaired) electrons. The Morgan fingerprint density at radius 2 is 1.30 bits per heavy atom. The first-order valence-electron chi connectivity index (χ1n) is 6.71. The molecular weight excluding hydrogens is 341 g/mol. The van der Waals surface area contributed by atoms with Crippen molar-refractivity contribution in [2.75, 3.05) is 13.2 Å². The lowest BCUT2D eigenvalue weighted by Crippen LogP contribution is -2.59. The number of carbonyl (C=O) groups is 1. The topological polar surface area (TPSA) is 61.6 Å². The fourth-order valence-corrected chi connectivity index (χ4v) is 4.22. The van der Waals surface area contributed by atoms with E-state index in [9.17, 15) is 26.7 Å². The van der Waals surface area contributed by atoms with E-state index in [2.05, 4.69) is 0 Å². The average molecular weight is 357 g/mol. The first-order valence-corrected chi connectivity index (χ1v) is 9.10. The molecule has 0 saturated heterocycles. The van der Waals surface area contributed by atoms with Crippen LogP contribution in [0.2, 0.25) is 6.55 Å². The summed E-state index contributed by atoms with van der Waals surface area (Å²) in [6, 6.07) is 0. The Labute approximate surface area is 130 Å². The van der Waals surface area contributed by atoms with Gasteiger partial charge in [0, 0.05) is 13.2 Å². The Morgan fingerprint density at radius 1 is 0.957 bits per heavy atom. The maximum atomic E-state index is 13.7. The number of ketones is 1. The second-order valence-corrected chi connectivity index (χ2v) is 7.90. The van der Waals surface area contributed by atoms with E-state index in [-0.39, 0.29) is 13.2 Å². The summed E-state index contributed by atoms with van der Waals surface area (Å²) in [6.07, 6.45) is 0. The number of halogens is 5. The van der Waals surface area contributed by atoms with Crippen molar-refractivity contribution < 1.29 is 35.6 Å². The van der Waals surface area contributed by atoms with Crippen LogP contribution in [0.4, 0.5) is 22.0 Å².